The van der Waals surface area contributed by atoms with Crippen LogP contribution >= 0.6 is 0 Å². The Morgan fingerprint density at radius 1 is 1.39 bits per heavy atom. The van der Waals surface area contributed by atoms with Crippen molar-refractivity contribution in [2.24, 2.45) is 0 Å². The molecule has 0 bridgehead atoms. The van der Waals surface area contributed by atoms with Crippen LogP contribution in [0.3, 0.4) is 0 Å². The van der Waals surface area contributed by atoms with Gasteiger partial charge in [-0.25, -0.2) is 0 Å². The molecule has 1 rings (SSSR count). The fraction of sp³-hybridized carbons (Fsp3) is 0.462. The van der Waals surface area contributed by atoms with Gasteiger partial charge in [0.2, 0.25) is 0 Å². The third-order valence-corrected chi connectivity index (χ3v) is 2.95. The first-order valence-electron chi connectivity index (χ1n) is 6.05. The van der Waals surface area contributed by atoms with Gasteiger partial charge in [-0.15, -0.1) is 0 Å². The molecule has 0 unspecified atom stereocenters. The molecule has 0 heterocycles. The summed E-state index contributed by atoms with van der Waals surface area (Å²) in [5.74, 6) is -0.174. The van der Waals surface area contributed by atoms with Crippen molar-refractivity contribution in [3.8, 4) is 0 Å². The number of nitrogens with zero attached hydrogens (tertiary/aromatic N) is 1. The maximum atomic E-state index is 11.2. The van der Waals surface area contributed by atoms with E-state index < -0.39 is 4.92 Å². The highest BCUT2D eigenvalue weighted by Crippen LogP contribution is 2.27. The largest absolute Gasteiger partial charge is 0.377 e. The van der Waals surface area contributed by atoms with E-state index in [1.807, 2.05) is 13.8 Å². The first kappa shape index (κ1) is 14.2. The van der Waals surface area contributed by atoms with E-state index >= 15 is 0 Å². The van der Waals surface area contributed by atoms with Crippen LogP contribution in [0.25, 0.3) is 0 Å². The molecule has 0 aliphatic carbocycles. The zero-order valence-electron chi connectivity index (χ0n) is 10.9. The molecule has 98 valence electrons. The van der Waals surface area contributed by atoms with Crippen molar-refractivity contribution in [2.45, 2.75) is 39.7 Å². The number of nitrogens with one attached hydrogen (secondary N) is 1. The fourth-order valence-electron chi connectivity index (χ4n) is 1.74. The van der Waals surface area contributed by atoms with E-state index in [1.165, 1.54) is 13.0 Å². The molecule has 0 aliphatic heterocycles. The molecule has 0 saturated heterocycles. The first-order chi connectivity index (χ1) is 8.49. The Bertz CT molecular complexity index is 454. The molecular formula is C13H18N2O3. The van der Waals surface area contributed by atoms with Gasteiger partial charge >= 0.3 is 0 Å². The summed E-state index contributed by atoms with van der Waals surface area (Å²) in [6.07, 6.45) is 1.78. The normalized spacial score (nSPS) is 10.4. The van der Waals surface area contributed by atoms with E-state index in [0.29, 0.717) is 11.3 Å². The van der Waals surface area contributed by atoms with Gasteiger partial charge < -0.3 is 5.32 Å². The Kier molecular flexibility index (Phi) is 4.83. The van der Waals surface area contributed by atoms with Gasteiger partial charge in [0.15, 0.2) is 5.78 Å². The second-order valence-electron chi connectivity index (χ2n) is 4.20. The van der Waals surface area contributed by atoms with Crippen LogP contribution in [-0.4, -0.2) is 16.7 Å². The smallest absolute Gasteiger partial charge is 0.293 e. The molecule has 0 atom stereocenters. The topological polar surface area (TPSA) is 72.2 Å². The standard InChI is InChI=1S/C13H18N2O3/c1-4-11(5-2)14-12-7-6-10(9(3)16)8-13(12)15(17)18/h6-8,11,14H,4-5H2,1-3H3. The quantitative estimate of drug-likeness (QED) is 0.477. The lowest BCUT2D eigenvalue weighted by molar-refractivity contribution is -0.384. The first-order valence-corrected chi connectivity index (χ1v) is 6.05. The summed E-state index contributed by atoms with van der Waals surface area (Å²) in [5, 5.41) is 14.2. The van der Waals surface area contributed by atoms with Crippen molar-refractivity contribution in [1.29, 1.82) is 0 Å². The van der Waals surface area contributed by atoms with Crippen LogP contribution in [0.5, 0.6) is 0 Å². The fourth-order valence-corrected chi connectivity index (χ4v) is 1.74. The minimum atomic E-state index is -0.461. The molecule has 0 spiro atoms. The van der Waals surface area contributed by atoms with E-state index in [-0.39, 0.29) is 17.5 Å². The molecule has 1 aromatic rings. The lowest BCUT2D eigenvalue weighted by atomic mass is 10.1. The average Bonchev–Trinajstić information content (AvgIpc) is 2.35. The Morgan fingerprint density at radius 2 is 2.00 bits per heavy atom. The monoisotopic (exact) mass is 250 g/mol. The summed E-state index contributed by atoms with van der Waals surface area (Å²) >= 11 is 0. The maximum Gasteiger partial charge on any atom is 0.293 e. The predicted molar refractivity (Wildman–Crippen MR) is 71.1 cm³/mol. The summed E-state index contributed by atoms with van der Waals surface area (Å²) in [7, 11) is 0. The zero-order chi connectivity index (χ0) is 13.7. The SMILES string of the molecule is CCC(CC)Nc1ccc(C(C)=O)cc1[N+](=O)[O-]. The van der Waals surface area contributed by atoms with Gasteiger partial charge in [0.1, 0.15) is 5.69 Å². The van der Waals surface area contributed by atoms with Crippen molar-refractivity contribution in [1.82, 2.24) is 0 Å². The summed E-state index contributed by atoms with van der Waals surface area (Å²) in [4.78, 5) is 21.8. The van der Waals surface area contributed by atoms with E-state index in [2.05, 4.69) is 5.32 Å². The molecule has 0 aromatic heterocycles. The number of carbonyl (C=O) groups is 1. The van der Waals surface area contributed by atoms with Gasteiger partial charge in [-0.05, 0) is 31.9 Å². The molecule has 5 nitrogen and oxygen atoms in total. The van der Waals surface area contributed by atoms with Crippen LogP contribution < -0.4 is 5.32 Å². The van der Waals surface area contributed by atoms with Gasteiger partial charge in [0, 0.05) is 17.7 Å². The highest BCUT2D eigenvalue weighted by Gasteiger charge is 2.17. The number of carbonyl (C=O) groups excluding carboxylic acids is 1. The van der Waals surface area contributed by atoms with E-state index in [4.69, 9.17) is 0 Å². The van der Waals surface area contributed by atoms with E-state index in [1.54, 1.807) is 12.1 Å². The van der Waals surface area contributed by atoms with Gasteiger partial charge in [-0.3, -0.25) is 14.9 Å². The number of Topliss-reactive ketones (excluding diaryl/α,β-unsaturated/α-hetero) is 1. The number of hydrogen-bond acceptors (Lipinski definition) is 4. The van der Waals surface area contributed by atoms with Gasteiger partial charge in [0.05, 0.1) is 4.92 Å². The van der Waals surface area contributed by atoms with Crippen molar-refractivity contribution in [3.05, 3.63) is 33.9 Å². The molecule has 1 aromatic carbocycles. The Balaban J connectivity index is 3.11. The van der Waals surface area contributed by atoms with Crippen molar-refractivity contribution >= 4 is 17.2 Å². The lowest BCUT2D eigenvalue weighted by Gasteiger charge is -2.16. The minimum absolute atomic E-state index is 0.0467. The number of nitro groups is 1. The van der Waals surface area contributed by atoms with Crippen molar-refractivity contribution in [3.63, 3.8) is 0 Å². The van der Waals surface area contributed by atoms with Crippen molar-refractivity contribution in [2.75, 3.05) is 5.32 Å². The maximum absolute atomic E-state index is 11.2. The predicted octanol–water partition coefficient (Wildman–Crippen LogP) is 3.40. The summed E-state index contributed by atoms with van der Waals surface area (Å²) in [6, 6.07) is 4.74. The molecule has 0 fully saturated rings. The minimum Gasteiger partial charge on any atom is -0.377 e. The number of benzene rings is 1. The Morgan fingerprint density at radius 3 is 2.44 bits per heavy atom. The Labute approximate surface area is 106 Å². The molecule has 0 aliphatic rings. The van der Waals surface area contributed by atoms with Crippen LogP contribution in [0.1, 0.15) is 44.0 Å². The molecule has 0 amide bonds. The molecule has 1 N–H and O–H groups in total. The number of anilines is 1. The summed E-state index contributed by atoms with van der Waals surface area (Å²) in [5.41, 5.74) is 0.782. The van der Waals surface area contributed by atoms with Crippen LogP contribution in [0.4, 0.5) is 11.4 Å². The van der Waals surface area contributed by atoms with Crippen LogP contribution in [0.15, 0.2) is 18.2 Å². The number of nitro benzene ring substituents is 1. The van der Waals surface area contributed by atoms with Gasteiger partial charge in [-0.1, -0.05) is 13.8 Å². The lowest BCUT2D eigenvalue weighted by Crippen LogP contribution is -2.18. The average molecular weight is 250 g/mol. The van der Waals surface area contributed by atoms with E-state index in [0.717, 1.165) is 12.8 Å². The number of hydrogen-bond donors (Lipinski definition) is 1. The van der Waals surface area contributed by atoms with Crippen LogP contribution in [0, 0.1) is 10.1 Å². The summed E-state index contributed by atoms with van der Waals surface area (Å²) < 4.78 is 0. The highest BCUT2D eigenvalue weighted by atomic mass is 16.6. The van der Waals surface area contributed by atoms with Crippen LogP contribution in [0.2, 0.25) is 0 Å². The molecule has 0 saturated carbocycles. The van der Waals surface area contributed by atoms with E-state index in [9.17, 15) is 14.9 Å². The van der Waals surface area contributed by atoms with Crippen LogP contribution in [-0.2, 0) is 0 Å². The molecule has 18 heavy (non-hydrogen) atoms. The van der Waals surface area contributed by atoms with Gasteiger partial charge in [-0.2, -0.15) is 0 Å². The molecular weight excluding hydrogens is 232 g/mol. The molecule has 0 radical (unpaired) electrons. The van der Waals surface area contributed by atoms with Gasteiger partial charge in [0.25, 0.3) is 5.69 Å². The third kappa shape index (κ3) is 3.29. The second kappa shape index (κ2) is 6.14. The summed E-state index contributed by atoms with van der Waals surface area (Å²) in [6.45, 7) is 5.45. The highest BCUT2D eigenvalue weighted by molar-refractivity contribution is 5.95. The van der Waals surface area contributed by atoms with Crippen molar-refractivity contribution < 1.29 is 9.72 Å². The zero-order valence-corrected chi connectivity index (χ0v) is 10.9. The number of ketones is 1. The molecule has 5 heteroatoms. The second-order valence-corrected chi connectivity index (χ2v) is 4.20. The third-order valence-electron chi connectivity index (χ3n) is 2.95. The number of rotatable bonds is 6. The Hall–Kier alpha value is -1.91.